The van der Waals surface area contributed by atoms with Crippen molar-refractivity contribution in [2.45, 2.75) is 19.4 Å². The van der Waals surface area contributed by atoms with Crippen LogP contribution in [-0.2, 0) is 4.79 Å². The molecule has 0 saturated carbocycles. The number of amides is 1. The SMILES string of the molecule is CNC(=O)C(C)CC1=CC(c2ccccc2)N(c2ccccc2)N1O. The zero-order chi connectivity index (χ0) is 17.8. The summed E-state index contributed by atoms with van der Waals surface area (Å²) in [5, 5.41) is 16.5. The summed E-state index contributed by atoms with van der Waals surface area (Å²) in [6.07, 6.45) is 2.48. The lowest BCUT2D eigenvalue weighted by atomic mass is 10.0. The molecule has 0 saturated heterocycles. The van der Waals surface area contributed by atoms with Gasteiger partial charge in [-0.1, -0.05) is 55.5 Å². The molecule has 0 spiro atoms. The predicted molar refractivity (Wildman–Crippen MR) is 97.7 cm³/mol. The lowest BCUT2D eigenvalue weighted by Crippen LogP contribution is -2.37. The van der Waals surface area contributed by atoms with Gasteiger partial charge in [0.15, 0.2) is 0 Å². The second-order valence-corrected chi connectivity index (χ2v) is 6.20. The van der Waals surface area contributed by atoms with Crippen LogP contribution in [-0.4, -0.2) is 23.3 Å². The Labute approximate surface area is 148 Å². The highest BCUT2D eigenvalue weighted by molar-refractivity contribution is 5.78. The van der Waals surface area contributed by atoms with Crippen molar-refractivity contribution in [3.63, 3.8) is 0 Å². The number of nitrogens with zero attached hydrogens (tertiary/aromatic N) is 2. The van der Waals surface area contributed by atoms with Gasteiger partial charge in [-0.25, -0.2) is 0 Å². The van der Waals surface area contributed by atoms with Crippen molar-refractivity contribution in [2.75, 3.05) is 12.1 Å². The van der Waals surface area contributed by atoms with Gasteiger partial charge in [0, 0.05) is 19.4 Å². The molecule has 5 nitrogen and oxygen atoms in total. The summed E-state index contributed by atoms with van der Waals surface area (Å²) in [6, 6.07) is 19.6. The van der Waals surface area contributed by atoms with Gasteiger partial charge in [0.1, 0.15) is 0 Å². The van der Waals surface area contributed by atoms with Crippen LogP contribution in [0, 0.1) is 5.92 Å². The molecule has 0 radical (unpaired) electrons. The number of anilines is 1. The maximum absolute atomic E-state index is 11.9. The van der Waals surface area contributed by atoms with Crippen molar-refractivity contribution in [1.29, 1.82) is 0 Å². The minimum atomic E-state index is -0.224. The zero-order valence-electron chi connectivity index (χ0n) is 14.5. The molecule has 1 aliphatic rings. The smallest absolute Gasteiger partial charge is 0.222 e. The minimum absolute atomic E-state index is 0.0382. The Balaban J connectivity index is 1.94. The zero-order valence-corrected chi connectivity index (χ0v) is 14.5. The number of para-hydroxylation sites is 1. The van der Waals surface area contributed by atoms with Crippen LogP contribution in [0.4, 0.5) is 5.69 Å². The average molecular weight is 337 g/mol. The second-order valence-electron chi connectivity index (χ2n) is 6.20. The second kappa shape index (κ2) is 7.40. The Morgan fingerprint density at radius 1 is 1.12 bits per heavy atom. The van der Waals surface area contributed by atoms with Crippen molar-refractivity contribution in [1.82, 2.24) is 10.5 Å². The van der Waals surface area contributed by atoms with Gasteiger partial charge in [0.25, 0.3) is 0 Å². The van der Waals surface area contributed by atoms with E-state index < -0.39 is 0 Å². The van der Waals surface area contributed by atoms with E-state index in [4.69, 9.17) is 0 Å². The van der Waals surface area contributed by atoms with E-state index in [1.165, 1.54) is 5.17 Å². The maximum Gasteiger partial charge on any atom is 0.222 e. The standard InChI is InChI=1S/C20H23N3O2/c1-15(20(24)21-2)13-18-14-19(16-9-5-3-6-10-16)22(23(18)25)17-11-7-4-8-12-17/h3-12,14-15,19,25H,13H2,1-2H3,(H,21,24). The molecule has 0 aromatic heterocycles. The molecule has 1 heterocycles. The molecule has 2 N–H and O–H groups in total. The van der Waals surface area contributed by atoms with Crippen molar-refractivity contribution in [3.8, 4) is 0 Å². The third kappa shape index (κ3) is 3.51. The summed E-state index contributed by atoms with van der Waals surface area (Å²) >= 11 is 0. The first-order valence-electron chi connectivity index (χ1n) is 8.42. The van der Waals surface area contributed by atoms with Gasteiger partial charge in [-0.3, -0.25) is 15.0 Å². The Bertz CT molecular complexity index is 746. The quantitative estimate of drug-likeness (QED) is 0.877. The number of benzene rings is 2. The first-order chi connectivity index (χ1) is 12.1. The largest absolute Gasteiger partial charge is 0.359 e. The van der Waals surface area contributed by atoms with Crippen LogP contribution in [0.3, 0.4) is 0 Å². The van der Waals surface area contributed by atoms with Crippen LogP contribution in [0.5, 0.6) is 0 Å². The van der Waals surface area contributed by atoms with E-state index >= 15 is 0 Å². The number of hydrazine groups is 1. The molecule has 2 aromatic carbocycles. The number of hydrogen-bond acceptors (Lipinski definition) is 4. The summed E-state index contributed by atoms with van der Waals surface area (Å²) in [7, 11) is 1.63. The molecule has 2 atom stereocenters. The van der Waals surface area contributed by atoms with Crippen LogP contribution >= 0.6 is 0 Å². The highest BCUT2D eigenvalue weighted by Crippen LogP contribution is 2.38. The van der Waals surface area contributed by atoms with Gasteiger partial charge in [0.05, 0.1) is 17.4 Å². The number of nitrogens with one attached hydrogen (secondary N) is 1. The number of hydrogen-bond donors (Lipinski definition) is 2. The normalized spacial score (nSPS) is 18.0. The molecule has 1 amide bonds. The third-order valence-electron chi connectivity index (χ3n) is 4.45. The van der Waals surface area contributed by atoms with Gasteiger partial charge in [-0.05, 0) is 23.8 Å². The van der Waals surface area contributed by atoms with E-state index in [9.17, 15) is 10.0 Å². The lowest BCUT2D eigenvalue weighted by Gasteiger charge is -2.33. The molecule has 0 aliphatic carbocycles. The maximum atomic E-state index is 11.9. The number of carbonyl (C=O) groups excluding carboxylic acids is 1. The molecule has 3 rings (SSSR count). The van der Waals surface area contributed by atoms with E-state index in [0.29, 0.717) is 12.1 Å². The topological polar surface area (TPSA) is 55.8 Å². The van der Waals surface area contributed by atoms with E-state index in [-0.39, 0.29) is 17.9 Å². The van der Waals surface area contributed by atoms with E-state index in [2.05, 4.69) is 5.32 Å². The number of carbonyl (C=O) groups is 1. The summed E-state index contributed by atoms with van der Waals surface area (Å²) in [4.78, 5) is 11.9. The molecule has 0 fully saturated rings. The van der Waals surface area contributed by atoms with E-state index in [1.54, 1.807) is 7.05 Å². The fourth-order valence-electron chi connectivity index (χ4n) is 3.12. The summed E-state index contributed by atoms with van der Waals surface area (Å²) < 4.78 is 0. The van der Waals surface area contributed by atoms with Crippen LogP contribution in [0.15, 0.2) is 72.4 Å². The highest BCUT2D eigenvalue weighted by Gasteiger charge is 2.34. The Morgan fingerprint density at radius 3 is 2.32 bits per heavy atom. The van der Waals surface area contributed by atoms with Crippen molar-refractivity contribution in [2.24, 2.45) is 5.92 Å². The predicted octanol–water partition coefficient (Wildman–Crippen LogP) is 3.51. The summed E-state index contributed by atoms with van der Waals surface area (Å²) in [6.45, 7) is 1.86. The van der Waals surface area contributed by atoms with Crippen LogP contribution in [0.2, 0.25) is 0 Å². The first kappa shape index (κ1) is 17.0. The fraction of sp³-hybridized carbons (Fsp3) is 0.250. The van der Waals surface area contributed by atoms with Crippen molar-refractivity contribution < 1.29 is 10.0 Å². The monoisotopic (exact) mass is 337 g/mol. The fourth-order valence-corrected chi connectivity index (χ4v) is 3.12. The molecule has 0 bridgehead atoms. The van der Waals surface area contributed by atoms with E-state index in [1.807, 2.05) is 78.7 Å². The number of hydroxylamine groups is 1. The Kier molecular flexibility index (Phi) is 5.05. The van der Waals surface area contributed by atoms with Crippen LogP contribution in [0.25, 0.3) is 0 Å². The Hall–Kier alpha value is -2.79. The van der Waals surface area contributed by atoms with Gasteiger partial charge >= 0.3 is 0 Å². The van der Waals surface area contributed by atoms with Gasteiger partial charge in [-0.2, -0.15) is 5.17 Å². The molecule has 5 heteroatoms. The number of allylic oxidation sites excluding steroid dienone is 1. The molecule has 2 aromatic rings. The van der Waals surface area contributed by atoms with Gasteiger partial charge < -0.3 is 5.32 Å². The van der Waals surface area contributed by atoms with Gasteiger partial charge in [-0.15, -0.1) is 0 Å². The van der Waals surface area contributed by atoms with Crippen molar-refractivity contribution in [3.05, 3.63) is 78.0 Å². The van der Waals surface area contributed by atoms with Crippen LogP contribution in [0.1, 0.15) is 24.9 Å². The summed E-state index contributed by atoms with van der Waals surface area (Å²) in [5.41, 5.74) is 2.68. The molecular weight excluding hydrogens is 314 g/mol. The molecule has 1 aliphatic heterocycles. The molecule has 130 valence electrons. The van der Waals surface area contributed by atoms with Crippen LogP contribution < -0.4 is 10.3 Å². The molecular formula is C20H23N3O2. The minimum Gasteiger partial charge on any atom is -0.359 e. The third-order valence-corrected chi connectivity index (χ3v) is 4.45. The average Bonchev–Trinajstić information content (AvgIpc) is 2.98. The number of rotatable bonds is 5. The van der Waals surface area contributed by atoms with E-state index in [0.717, 1.165) is 11.3 Å². The first-order valence-corrected chi connectivity index (χ1v) is 8.42. The highest BCUT2D eigenvalue weighted by atomic mass is 16.6. The molecule has 2 unspecified atom stereocenters. The van der Waals surface area contributed by atoms with Crippen molar-refractivity contribution >= 4 is 11.6 Å². The Morgan fingerprint density at radius 2 is 1.72 bits per heavy atom. The summed E-state index contributed by atoms with van der Waals surface area (Å²) in [5.74, 6) is -0.262. The lowest BCUT2D eigenvalue weighted by molar-refractivity contribution is -0.124. The molecule has 25 heavy (non-hydrogen) atoms. The van der Waals surface area contributed by atoms with Gasteiger partial charge in [0.2, 0.25) is 5.91 Å².